The fourth-order valence-electron chi connectivity index (χ4n) is 2.43. The predicted octanol–water partition coefficient (Wildman–Crippen LogP) is 4.29. The molecule has 0 spiro atoms. The maximum Gasteiger partial charge on any atom is 0.277 e. The van der Waals surface area contributed by atoms with Crippen LogP contribution in [0, 0.1) is 0 Å². The molecular formula is C19H17BrN2O3. The van der Waals surface area contributed by atoms with Gasteiger partial charge in [-0.25, -0.2) is 5.43 Å². The van der Waals surface area contributed by atoms with E-state index in [0.29, 0.717) is 5.75 Å². The maximum absolute atomic E-state index is 11.9. The van der Waals surface area contributed by atoms with E-state index in [1.807, 2.05) is 43.3 Å². The molecule has 0 aliphatic carbocycles. The third-order valence-electron chi connectivity index (χ3n) is 3.58. The highest BCUT2D eigenvalue weighted by atomic mass is 79.9. The second-order valence-electron chi connectivity index (χ2n) is 5.33. The second-order valence-corrected chi connectivity index (χ2v) is 6.24. The van der Waals surface area contributed by atoms with Crippen molar-refractivity contribution in [3.8, 4) is 5.75 Å². The fourth-order valence-corrected chi connectivity index (χ4v) is 2.81. The van der Waals surface area contributed by atoms with Gasteiger partial charge >= 0.3 is 0 Å². The van der Waals surface area contributed by atoms with Crippen molar-refractivity contribution in [1.82, 2.24) is 5.43 Å². The molecule has 3 aromatic rings. The second kappa shape index (κ2) is 7.98. The number of fused-ring (bicyclic) bond motifs is 1. The van der Waals surface area contributed by atoms with Gasteiger partial charge in [-0.15, -0.1) is 0 Å². The SMILES string of the molecule is CCc1oc2ccccc2c1/C=N\NC(=O)COc1cccc(Br)c1. The number of carbonyl (C=O) groups is 1. The van der Waals surface area contributed by atoms with Crippen LogP contribution in [0.3, 0.4) is 0 Å². The lowest BCUT2D eigenvalue weighted by Gasteiger charge is -2.05. The van der Waals surface area contributed by atoms with E-state index in [-0.39, 0.29) is 12.5 Å². The molecule has 1 N–H and O–H groups in total. The van der Waals surface area contributed by atoms with Gasteiger partial charge < -0.3 is 9.15 Å². The number of hydrogen-bond donors (Lipinski definition) is 1. The summed E-state index contributed by atoms with van der Waals surface area (Å²) in [5.74, 6) is 1.12. The summed E-state index contributed by atoms with van der Waals surface area (Å²) in [5, 5.41) is 5.00. The first-order chi connectivity index (χ1) is 12.2. The van der Waals surface area contributed by atoms with Crippen molar-refractivity contribution in [2.24, 2.45) is 5.10 Å². The van der Waals surface area contributed by atoms with E-state index in [1.165, 1.54) is 0 Å². The average Bonchev–Trinajstić information content (AvgIpc) is 2.98. The van der Waals surface area contributed by atoms with Crippen LogP contribution in [-0.4, -0.2) is 18.7 Å². The Balaban J connectivity index is 1.62. The van der Waals surface area contributed by atoms with Crippen LogP contribution in [0.5, 0.6) is 5.75 Å². The van der Waals surface area contributed by atoms with Crippen molar-refractivity contribution in [2.75, 3.05) is 6.61 Å². The summed E-state index contributed by atoms with van der Waals surface area (Å²) in [6.45, 7) is 1.90. The van der Waals surface area contributed by atoms with E-state index < -0.39 is 0 Å². The lowest BCUT2D eigenvalue weighted by atomic mass is 10.1. The molecule has 0 bridgehead atoms. The Hall–Kier alpha value is -2.60. The fraction of sp³-hybridized carbons (Fsp3) is 0.158. The van der Waals surface area contributed by atoms with Crippen LogP contribution in [0.1, 0.15) is 18.2 Å². The van der Waals surface area contributed by atoms with Gasteiger partial charge in [0, 0.05) is 21.8 Å². The molecule has 0 saturated carbocycles. The molecule has 0 aliphatic heterocycles. The van der Waals surface area contributed by atoms with Gasteiger partial charge in [0.2, 0.25) is 0 Å². The third kappa shape index (κ3) is 4.28. The molecule has 1 heterocycles. The standard InChI is InChI=1S/C19H17BrN2O3/c1-2-17-16(15-8-3-4-9-18(15)25-17)11-21-22-19(23)12-24-14-7-5-6-13(20)10-14/h3-11H,2,12H2,1H3,(H,22,23)/b21-11-. The highest BCUT2D eigenvalue weighted by Gasteiger charge is 2.10. The van der Waals surface area contributed by atoms with Crippen LogP contribution < -0.4 is 10.2 Å². The zero-order chi connectivity index (χ0) is 17.6. The molecule has 0 fully saturated rings. The molecule has 5 nitrogen and oxygen atoms in total. The van der Waals surface area contributed by atoms with E-state index >= 15 is 0 Å². The van der Waals surface area contributed by atoms with E-state index in [1.54, 1.807) is 18.3 Å². The number of hydrazone groups is 1. The minimum absolute atomic E-state index is 0.111. The highest BCUT2D eigenvalue weighted by Crippen LogP contribution is 2.24. The van der Waals surface area contributed by atoms with E-state index in [4.69, 9.17) is 9.15 Å². The summed E-state index contributed by atoms with van der Waals surface area (Å²) in [6.07, 6.45) is 2.36. The number of halogens is 1. The summed E-state index contributed by atoms with van der Waals surface area (Å²) in [7, 11) is 0. The monoisotopic (exact) mass is 400 g/mol. The summed E-state index contributed by atoms with van der Waals surface area (Å²) >= 11 is 3.35. The first-order valence-electron chi connectivity index (χ1n) is 7.88. The number of nitrogens with one attached hydrogen (secondary N) is 1. The van der Waals surface area contributed by atoms with Gasteiger partial charge in [0.05, 0.1) is 6.21 Å². The summed E-state index contributed by atoms with van der Waals surface area (Å²) in [4.78, 5) is 11.9. The predicted molar refractivity (Wildman–Crippen MR) is 101 cm³/mol. The molecule has 0 saturated heterocycles. The lowest BCUT2D eigenvalue weighted by Crippen LogP contribution is -2.24. The van der Waals surface area contributed by atoms with Gasteiger partial charge in [0.15, 0.2) is 6.61 Å². The number of rotatable bonds is 6. The molecule has 25 heavy (non-hydrogen) atoms. The highest BCUT2D eigenvalue weighted by molar-refractivity contribution is 9.10. The number of hydrogen-bond acceptors (Lipinski definition) is 4. The largest absolute Gasteiger partial charge is 0.484 e. The number of ether oxygens (including phenoxy) is 1. The van der Waals surface area contributed by atoms with E-state index in [2.05, 4.69) is 26.5 Å². The van der Waals surface area contributed by atoms with Gasteiger partial charge in [-0.1, -0.05) is 47.1 Å². The number of amides is 1. The van der Waals surface area contributed by atoms with Crippen molar-refractivity contribution < 1.29 is 13.9 Å². The molecule has 0 aliphatic rings. The first kappa shape index (κ1) is 17.2. The van der Waals surface area contributed by atoms with Gasteiger partial charge in [0.25, 0.3) is 5.91 Å². The van der Waals surface area contributed by atoms with Crippen molar-refractivity contribution >= 4 is 39.0 Å². The normalized spacial score (nSPS) is 11.1. The maximum atomic E-state index is 11.9. The zero-order valence-corrected chi connectivity index (χ0v) is 15.2. The number of furan rings is 1. The number of para-hydroxylation sites is 1. The Morgan fingerprint density at radius 1 is 1.28 bits per heavy atom. The van der Waals surface area contributed by atoms with Crippen LogP contribution in [-0.2, 0) is 11.2 Å². The number of benzene rings is 2. The molecule has 128 valence electrons. The average molecular weight is 401 g/mol. The molecule has 0 atom stereocenters. The molecule has 6 heteroatoms. The number of nitrogens with zero attached hydrogens (tertiary/aromatic N) is 1. The summed E-state index contributed by atoms with van der Waals surface area (Å²) in [6, 6.07) is 15.1. The topological polar surface area (TPSA) is 63.8 Å². The molecule has 1 aromatic heterocycles. The van der Waals surface area contributed by atoms with E-state index in [0.717, 1.165) is 33.2 Å². The van der Waals surface area contributed by atoms with Gasteiger partial charge in [0.1, 0.15) is 17.1 Å². The van der Waals surface area contributed by atoms with Gasteiger partial charge in [-0.3, -0.25) is 4.79 Å². The van der Waals surface area contributed by atoms with Crippen LogP contribution >= 0.6 is 15.9 Å². The van der Waals surface area contributed by atoms with Crippen molar-refractivity contribution in [1.29, 1.82) is 0 Å². The molecule has 0 unspecified atom stereocenters. The lowest BCUT2D eigenvalue weighted by molar-refractivity contribution is -0.123. The van der Waals surface area contributed by atoms with Crippen molar-refractivity contribution in [2.45, 2.75) is 13.3 Å². The van der Waals surface area contributed by atoms with Crippen molar-refractivity contribution in [3.63, 3.8) is 0 Å². The Morgan fingerprint density at radius 3 is 2.92 bits per heavy atom. The number of carbonyl (C=O) groups excluding carboxylic acids is 1. The minimum atomic E-state index is -0.331. The summed E-state index contributed by atoms with van der Waals surface area (Å²) in [5.41, 5.74) is 4.17. The van der Waals surface area contributed by atoms with Crippen LogP contribution in [0.25, 0.3) is 11.0 Å². The Bertz CT molecular complexity index is 918. The third-order valence-corrected chi connectivity index (χ3v) is 4.07. The molecule has 1 amide bonds. The Morgan fingerprint density at radius 2 is 2.12 bits per heavy atom. The van der Waals surface area contributed by atoms with Gasteiger partial charge in [-0.05, 0) is 24.3 Å². The van der Waals surface area contributed by atoms with Crippen LogP contribution in [0.4, 0.5) is 0 Å². The van der Waals surface area contributed by atoms with E-state index in [9.17, 15) is 4.79 Å². The molecule has 0 radical (unpaired) electrons. The summed E-state index contributed by atoms with van der Waals surface area (Å²) < 4.78 is 12.1. The minimum Gasteiger partial charge on any atom is -0.484 e. The Kier molecular flexibility index (Phi) is 5.50. The Labute approximate surface area is 153 Å². The zero-order valence-electron chi connectivity index (χ0n) is 13.7. The van der Waals surface area contributed by atoms with Crippen molar-refractivity contribution in [3.05, 3.63) is 64.3 Å². The smallest absolute Gasteiger partial charge is 0.277 e. The molecule has 2 aromatic carbocycles. The number of aryl methyl sites for hydroxylation is 1. The quantitative estimate of drug-likeness (QED) is 0.495. The van der Waals surface area contributed by atoms with Gasteiger partial charge in [-0.2, -0.15) is 5.10 Å². The van der Waals surface area contributed by atoms with Crippen LogP contribution in [0.15, 0.2) is 62.5 Å². The molecular weight excluding hydrogens is 384 g/mol. The first-order valence-corrected chi connectivity index (χ1v) is 8.67. The van der Waals surface area contributed by atoms with Crippen LogP contribution in [0.2, 0.25) is 0 Å². The molecule has 3 rings (SSSR count).